The SMILES string of the molecule is COCO[C@H]1[C@@H](OC)O[C@H](CO)[C@@H](O)[C@@H]1O. The third-order valence-corrected chi connectivity index (χ3v) is 2.44. The fourth-order valence-corrected chi connectivity index (χ4v) is 1.57. The van der Waals surface area contributed by atoms with Gasteiger partial charge in [-0.25, -0.2) is 0 Å². The van der Waals surface area contributed by atoms with Crippen molar-refractivity contribution in [1.29, 1.82) is 0 Å². The minimum Gasteiger partial charge on any atom is -0.394 e. The maximum atomic E-state index is 9.77. The molecule has 0 aliphatic carbocycles. The van der Waals surface area contributed by atoms with Gasteiger partial charge in [0.25, 0.3) is 0 Å². The van der Waals surface area contributed by atoms with E-state index in [1.165, 1.54) is 14.2 Å². The number of methoxy groups -OCH3 is 2. The summed E-state index contributed by atoms with van der Waals surface area (Å²) in [5, 5.41) is 28.3. The van der Waals surface area contributed by atoms with Gasteiger partial charge in [-0.15, -0.1) is 0 Å². The van der Waals surface area contributed by atoms with E-state index in [9.17, 15) is 10.2 Å². The smallest absolute Gasteiger partial charge is 0.186 e. The Balaban J connectivity index is 2.65. The van der Waals surface area contributed by atoms with E-state index in [0.717, 1.165) is 0 Å². The van der Waals surface area contributed by atoms with Gasteiger partial charge in [-0.3, -0.25) is 0 Å². The van der Waals surface area contributed by atoms with Crippen molar-refractivity contribution in [2.75, 3.05) is 27.6 Å². The largest absolute Gasteiger partial charge is 0.394 e. The molecule has 16 heavy (non-hydrogen) atoms. The molecule has 1 aliphatic rings. The van der Waals surface area contributed by atoms with E-state index >= 15 is 0 Å². The topological polar surface area (TPSA) is 97.6 Å². The molecule has 0 aromatic rings. The molecule has 0 saturated carbocycles. The van der Waals surface area contributed by atoms with Crippen molar-refractivity contribution in [3.63, 3.8) is 0 Å². The molecule has 96 valence electrons. The highest BCUT2D eigenvalue weighted by molar-refractivity contribution is 4.89. The number of rotatable bonds is 5. The summed E-state index contributed by atoms with van der Waals surface area (Å²) in [4.78, 5) is 0. The first kappa shape index (κ1) is 13.8. The van der Waals surface area contributed by atoms with Gasteiger partial charge in [0.05, 0.1) is 6.61 Å². The van der Waals surface area contributed by atoms with Gasteiger partial charge in [0, 0.05) is 14.2 Å². The van der Waals surface area contributed by atoms with Crippen LogP contribution in [-0.2, 0) is 18.9 Å². The molecule has 5 atom stereocenters. The van der Waals surface area contributed by atoms with Gasteiger partial charge in [-0.2, -0.15) is 0 Å². The fraction of sp³-hybridized carbons (Fsp3) is 1.00. The van der Waals surface area contributed by atoms with Crippen molar-refractivity contribution < 1.29 is 34.3 Å². The molecule has 0 aromatic heterocycles. The molecule has 1 saturated heterocycles. The lowest BCUT2D eigenvalue weighted by Crippen LogP contribution is -2.59. The predicted molar refractivity (Wildman–Crippen MR) is 51.5 cm³/mol. The Morgan fingerprint density at radius 1 is 1.19 bits per heavy atom. The maximum Gasteiger partial charge on any atom is 0.186 e. The number of aliphatic hydroxyl groups is 3. The third-order valence-electron chi connectivity index (χ3n) is 2.44. The van der Waals surface area contributed by atoms with Crippen LogP contribution < -0.4 is 0 Å². The first-order chi connectivity index (χ1) is 7.65. The lowest BCUT2D eigenvalue weighted by molar-refractivity contribution is -0.312. The van der Waals surface area contributed by atoms with Crippen molar-refractivity contribution in [3.05, 3.63) is 0 Å². The van der Waals surface area contributed by atoms with Crippen LogP contribution in [0.1, 0.15) is 0 Å². The zero-order valence-corrected chi connectivity index (χ0v) is 9.28. The lowest BCUT2D eigenvalue weighted by atomic mass is 9.99. The second kappa shape index (κ2) is 6.45. The van der Waals surface area contributed by atoms with Crippen LogP contribution in [0.25, 0.3) is 0 Å². The molecule has 1 aliphatic heterocycles. The summed E-state index contributed by atoms with van der Waals surface area (Å²) >= 11 is 0. The summed E-state index contributed by atoms with van der Waals surface area (Å²) in [6.07, 6.45) is -5.03. The van der Waals surface area contributed by atoms with Gasteiger partial charge >= 0.3 is 0 Å². The highest BCUT2D eigenvalue weighted by atomic mass is 16.7. The van der Waals surface area contributed by atoms with Gasteiger partial charge in [0.2, 0.25) is 0 Å². The molecule has 7 heteroatoms. The minimum absolute atomic E-state index is 0.0541. The van der Waals surface area contributed by atoms with Crippen molar-refractivity contribution >= 4 is 0 Å². The molecule has 3 N–H and O–H groups in total. The van der Waals surface area contributed by atoms with E-state index in [1.54, 1.807) is 0 Å². The van der Waals surface area contributed by atoms with Gasteiger partial charge in [0.15, 0.2) is 6.29 Å². The Hall–Kier alpha value is -0.280. The standard InChI is InChI=1S/C9H18O7/c1-13-4-15-8-7(12)6(11)5(3-10)16-9(8)14-2/h5-12H,3-4H2,1-2H3/t5-,6-,7+,8-,9+/m1/s1. The highest BCUT2D eigenvalue weighted by Gasteiger charge is 2.45. The van der Waals surface area contributed by atoms with Crippen LogP contribution in [0, 0.1) is 0 Å². The quantitative estimate of drug-likeness (QED) is 0.479. The molecule has 1 heterocycles. The molecule has 0 amide bonds. The molecular formula is C9H18O7. The Morgan fingerprint density at radius 3 is 2.38 bits per heavy atom. The van der Waals surface area contributed by atoms with Crippen LogP contribution in [0.5, 0.6) is 0 Å². The van der Waals surface area contributed by atoms with Gasteiger partial charge in [-0.1, -0.05) is 0 Å². The summed E-state index contributed by atoms with van der Waals surface area (Å²) < 4.78 is 20.0. The van der Waals surface area contributed by atoms with Crippen LogP contribution in [0.2, 0.25) is 0 Å². The maximum absolute atomic E-state index is 9.77. The lowest BCUT2D eigenvalue weighted by Gasteiger charge is -2.41. The first-order valence-electron chi connectivity index (χ1n) is 4.91. The summed E-state index contributed by atoms with van der Waals surface area (Å²) in [6.45, 7) is -0.462. The van der Waals surface area contributed by atoms with Crippen LogP contribution in [0.4, 0.5) is 0 Å². The van der Waals surface area contributed by atoms with E-state index in [4.69, 9.17) is 24.1 Å². The number of aliphatic hydroxyl groups excluding tert-OH is 3. The Labute approximate surface area is 93.5 Å². The van der Waals surface area contributed by atoms with E-state index in [-0.39, 0.29) is 6.79 Å². The zero-order valence-electron chi connectivity index (χ0n) is 9.28. The molecule has 0 radical (unpaired) electrons. The van der Waals surface area contributed by atoms with Crippen molar-refractivity contribution in [2.24, 2.45) is 0 Å². The Morgan fingerprint density at radius 2 is 1.88 bits per heavy atom. The Bertz CT molecular complexity index is 198. The monoisotopic (exact) mass is 238 g/mol. The van der Waals surface area contributed by atoms with Gasteiger partial charge in [0.1, 0.15) is 31.2 Å². The van der Waals surface area contributed by atoms with Crippen LogP contribution >= 0.6 is 0 Å². The van der Waals surface area contributed by atoms with Crippen molar-refractivity contribution in [1.82, 2.24) is 0 Å². The highest BCUT2D eigenvalue weighted by Crippen LogP contribution is 2.23. The van der Waals surface area contributed by atoms with E-state index in [2.05, 4.69) is 0 Å². The second-order valence-corrected chi connectivity index (χ2v) is 3.48. The molecule has 0 unspecified atom stereocenters. The fourth-order valence-electron chi connectivity index (χ4n) is 1.57. The number of hydrogen-bond acceptors (Lipinski definition) is 7. The average Bonchev–Trinajstić information content (AvgIpc) is 2.31. The summed E-state index contributed by atoms with van der Waals surface area (Å²) in [6, 6.07) is 0. The summed E-state index contributed by atoms with van der Waals surface area (Å²) in [5.41, 5.74) is 0. The summed E-state index contributed by atoms with van der Waals surface area (Å²) in [7, 11) is 2.82. The average molecular weight is 238 g/mol. The second-order valence-electron chi connectivity index (χ2n) is 3.48. The number of hydrogen-bond donors (Lipinski definition) is 3. The van der Waals surface area contributed by atoms with Gasteiger partial charge < -0.3 is 34.3 Å². The Kier molecular flexibility index (Phi) is 5.56. The first-order valence-corrected chi connectivity index (χ1v) is 4.91. The summed E-state index contributed by atoms with van der Waals surface area (Å²) in [5.74, 6) is 0. The molecule has 1 rings (SSSR count). The molecule has 1 fully saturated rings. The molecular weight excluding hydrogens is 220 g/mol. The minimum atomic E-state index is -1.22. The van der Waals surface area contributed by atoms with Crippen LogP contribution in [-0.4, -0.2) is 73.6 Å². The molecule has 7 nitrogen and oxygen atoms in total. The van der Waals surface area contributed by atoms with Gasteiger partial charge in [-0.05, 0) is 0 Å². The molecule has 0 bridgehead atoms. The van der Waals surface area contributed by atoms with E-state index in [1.807, 2.05) is 0 Å². The third kappa shape index (κ3) is 2.89. The van der Waals surface area contributed by atoms with Crippen LogP contribution in [0.3, 0.4) is 0 Å². The number of ether oxygens (including phenoxy) is 4. The zero-order chi connectivity index (χ0) is 12.1. The predicted octanol–water partition coefficient (Wildman–Crippen LogP) is -1.94. The molecule has 0 spiro atoms. The normalized spacial score (nSPS) is 39.9. The van der Waals surface area contributed by atoms with Crippen molar-refractivity contribution in [3.8, 4) is 0 Å². The van der Waals surface area contributed by atoms with E-state index in [0.29, 0.717) is 0 Å². The van der Waals surface area contributed by atoms with E-state index < -0.39 is 37.3 Å². The van der Waals surface area contributed by atoms with Crippen LogP contribution in [0.15, 0.2) is 0 Å². The van der Waals surface area contributed by atoms with Crippen molar-refractivity contribution in [2.45, 2.75) is 30.7 Å². The molecule has 0 aromatic carbocycles.